The average molecular weight is 485 g/mol. The van der Waals surface area contributed by atoms with Crippen molar-refractivity contribution in [2.75, 3.05) is 26.4 Å². The molecule has 4 unspecified atom stereocenters. The minimum atomic E-state index is -4.68. The van der Waals surface area contributed by atoms with Crippen LogP contribution in [0.15, 0.2) is 28.7 Å². The van der Waals surface area contributed by atoms with Crippen LogP contribution in [-0.4, -0.2) is 72.5 Å². The molecular formula is C22H27F3N4O3S. The van der Waals surface area contributed by atoms with Crippen LogP contribution in [0, 0.1) is 0 Å². The number of nitrogens with one attached hydrogen (secondary N) is 1. The van der Waals surface area contributed by atoms with E-state index in [-0.39, 0.29) is 18.0 Å². The van der Waals surface area contributed by atoms with Crippen molar-refractivity contribution in [3.8, 4) is 16.3 Å². The number of aliphatic imine (C=N–C) groups is 1. The van der Waals surface area contributed by atoms with Crippen molar-refractivity contribution in [2.24, 2.45) is 4.99 Å². The van der Waals surface area contributed by atoms with Gasteiger partial charge in [-0.05, 0) is 44.2 Å². The lowest BCUT2D eigenvalue weighted by molar-refractivity contribution is -0.228. The summed E-state index contributed by atoms with van der Waals surface area (Å²) in [5.41, 5.74) is 0.437. The number of aromatic nitrogens is 1. The molecule has 11 heteroatoms. The van der Waals surface area contributed by atoms with Crippen LogP contribution in [0.2, 0.25) is 0 Å². The first-order valence-electron chi connectivity index (χ1n) is 10.8. The number of fused-ring (bicyclic) bond motifs is 2. The van der Waals surface area contributed by atoms with E-state index < -0.39 is 25.0 Å². The van der Waals surface area contributed by atoms with Gasteiger partial charge in [0.25, 0.3) is 0 Å². The van der Waals surface area contributed by atoms with Crippen molar-refractivity contribution in [2.45, 2.75) is 50.2 Å². The molecule has 7 nitrogen and oxygen atoms in total. The number of aliphatic hydroxyl groups is 1. The Morgan fingerprint density at radius 1 is 1.33 bits per heavy atom. The zero-order valence-corrected chi connectivity index (χ0v) is 19.0. The number of alkyl halides is 3. The second-order valence-electron chi connectivity index (χ2n) is 8.46. The van der Waals surface area contributed by atoms with Crippen LogP contribution >= 0.6 is 11.3 Å². The Morgan fingerprint density at radius 2 is 2.06 bits per heavy atom. The highest BCUT2D eigenvalue weighted by Crippen LogP contribution is 2.45. The number of benzene rings is 1. The Bertz CT molecular complexity index is 943. The monoisotopic (exact) mass is 484 g/mol. The number of piperazine rings is 1. The van der Waals surface area contributed by atoms with Gasteiger partial charge in [-0.3, -0.25) is 9.89 Å². The molecule has 4 rings (SSSR count). The molecule has 4 atom stereocenters. The van der Waals surface area contributed by atoms with Crippen LogP contribution in [0.4, 0.5) is 18.9 Å². The molecule has 180 valence electrons. The molecule has 1 aromatic heterocycles. The molecular weight excluding hydrogens is 457 g/mol. The predicted molar refractivity (Wildman–Crippen MR) is 120 cm³/mol. The van der Waals surface area contributed by atoms with Gasteiger partial charge in [-0.1, -0.05) is 0 Å². The summed E-state index contributed by atoms with van der Waals surface area (Å²) in [5.74, 6) is 0.339. The maximum Gasteiger partial charge on any atom is 0.418 e. The normalized spacial score (nSPS) is 22.8. The van der Waals surface area contributed by atoms with E-state index in [1.807, 2.05) is 0 Å². The third-order valence-corrected chi connectivity index (χ3v) is 6.52. The minimum Gasteiger partial charge on any atom is -0.475 e. The third kappa shape index (κ3) is 5.72. The first-order valence-corrected chi connectivity index (χ1v) is 11.6. The lowest BCUT2D eigenvalue weighted by Gasteiger charge is -2.32. The van der Waals surface area contributed by atoms with Crippen molar-refractivity contribution >= 4 is 23.7 Å². The number of ether oxygens (including phenoxy) is 2. The maximum absolute atomic E-state index is 13.8. The molecule has 2 bridgehead atoms. The second-order valence-corrected chi connectivity index (χ2v) is 9.36. The van der Waals surface area contributed by atoms with E-state index in [0.29, 0.717) is 28.4 Å². The van der Waals surface area contributed by atoms with Crippen LogP contribution in [0.1, 0.15) is 31.4 Å². The Hall–Kier alpha value is -2.05. The number of likely N-dealkylation sites (tertiary alicyclic amines) is 1. The number of hydrogen-bond donors (Lipinski definition) is 2. The van der Waals surface area contributed by atoms with E-state index in [4.69, 9.17) is 9.47 Å². The minimum absolute atomic E-state index is 0.150. The summed E-state index contributed by atoms with van der Waals surface area (Å²) in [4.78, 5) is 10.4. The molecule has 2 saturated heterocycles. The topological polar surface area (TPSA) is 79.2 Å². The Kier molecular flexibility index (Phi) is 7.34. The van der Waals surface area contributed by atoms with E-state index in [1.165, 1.54) is 30.4 Å². The first-order chi connectivity index (χ1) is 15.7. The lowest BCUT2D eigenvalue weighted by atomic mass is 10.0. The van der Waals surface area contributed by atoms with Gasteiger partial charge >= 0.3 is 6.18 Å². The summed E-state index contributed by atoms with van der Waals surface area (Å²) in [5, 5.41) is 15.2. The van der Waals surface area contributed by atoms with E-state index in [9.17, 15) is 18.3 Å². The van der Waals surface area contributed by atoms with Crippen molar-refractivity contribution in [3.63, 3.8) is 0 Å². The van der Waals surface area contributed by atoms with Gasteiger partial charge in [0.05, 0.1) is 18.3 Å². The second kappa shape index (κ2) is 10.1. The molecule has 0 spiro atoms. The highest BCUT2D eigenvalue weighted by atomic mass is 32.1. The van der Waals surface area contributed by atoms with Gasteiger partial charge in [0, 0.05) is 36.8 Å². The number of rotatable bonds is 9. The fourth-order valence-electron chi connectivity index (χ4n) is 4.34. The van der Waals surface area contributed by atoms with Crippen LogP contribution in [0.25, 0.3) is 10.6 Å². The SMILES string of the molecule is C=Nc1cc(C(OCC(C)O)C(F)(F)F)cc(-c2nccs2)c1OCN1CC2CCC(C1)N2. The summed E-state index contributed by atoms with van der Waals surface area (Å²) in [6.07, 6.45) is -4.12. The smallest absolute Gasteiger partial charge is 0.418 e. The highest BCUT2D eigenvalue weighted by molar-refractivity contribution is 7.13. The Morgan fingerprint density at radius 3 is 2.64 bits per heavy atom. The molecule has 2 aromatic rings. The number of hydrogen-bond acceptors (Lipinski definition) is 8. The number of thiazole rings is 1. The highest BCUT2D eigenvalue weighted by Gasteiger charge is 2.43. The molecule has 3 heterocycles. The first kappa shape index (κ1) is 24.1. The summed E-state index contributed by atoms with van der Waals surface area (Å²) in [7, 11) is 0. The zero-order valence-electron chi connectivity index (χ0n) is 18.2. The van der Waals surface area contributed by atoms with E-state index in [1.54, 1.807) is 11.6 Å². The van der Waals surface area contributed by atoms with Gasteiger partial charge in [0.1, 0.15) is 17.4 Å². The molecule has 33 heavy (non-hydrogen) atoms. The van der Waals surface area contributed by atoms with Gasteiger partial charge in [0.15, 0.2) is 11.9 Å². The quantitative estimate of drug-likeness (QED) is 0.526. The number of halogens is 3. The molecule has 0 radical (unpaired) electrons. The molecule has 1 aromatic carbocycles. The zero-order chi connectivity index (χ0) is 23.6. The van der Waals surface area contributed by atoms with E-state index >= 15 is 0 Å². The fraction of sp³-hybridized carbons (Fsp3) is 0.545. The molecule has 0 saturated carbocycles. The summed E-state index contributed by atoms with van der Waals surface area (Å²) >= 11 is 1.29. The van der Waals surface area contributed by atoms with Gasteiger partial charge in [-0.2, -0.15) is 13.2 Å². The van der Waals surface area contributed by atoms with E-state index in [0.717, 1.165) is 25.9 Å². The van der Waals surface area contributed by atoms with Crippen LogP contribution in [0.5, 0.6) is 5.75 Å². The Labute approximate surface area is 194 Å². The van der Waals surface area contributed by atoms with Gasteiger partial charge in [-0.15, -0.1) is 11.3 Å². The van der Waals surface area contributed by atoms with Crippen molar-refractivity contribution in [1.82, 2.24) is 15.2 Å². The lowest BCUT2D eigenvalue weighted by Crippen LogP contribution is -2.51. The van der Waals surface area contributed by atoms with Crippen LogP contribution in [0.3, 0.4) is 0 Å². The van der Waals surface area contributed by atoms with Gasteiger partial charge < -0.3 is 19.9 Å². The summed E-state index contributed by atoms with van der Waals surface area (Å²) < 4.78 is 52.7. The average Bonchev–Trinajstić information content (AvgIpc) is 3.40. The molecule has 2 aliphatic heterocycles. The predicted octanol–water partition coefficient (Wildman–Crippen LogP) is 3.92. The molecule has 2 N–H and O–H groups in total. The van der Waals surface area contributed by atoms with Crippen LogP contribution in [-0.2, 0) is 4.74 Å². The molecule has 2 fully saturated rings. The van der Waals surface area contributed by atoms with Crippen LogP contribution < -0.4 is 10.1 Å². The van der Waals surface area contributed by atoms with Gasteiger partial charge in [-0.25, -0.2) is 4.98 Å². The summed E-state index contributed by atoms with van der Waals surface area (Å²) in [6.45, 7) is 6.44. The largest absolute Gasteiger partial charge is 0.475 e. The standard InChI is InChI=1S/C22H27F3N4O3S/c1-13(30)11-31-20(22(23,24)25)14-7-17(21-27-5-6-33-21)19(18(8-14)26-2)32-12-29-9-15-3-4-16(10-29)28-15/h5-8,13,15-16,20,28,30H,2-4,9-12H2,1H3. The maximum atomic E-state index is 13.8. The van der Waals surface area contributed by atoms with Crippen molar-refractivity contribution < 1.29 is 27.8 Å². The summed E-state index contributed by atoms with van der Waals surface area (Å²) in [6, 6.07) is 3.53. The van der Waals surface area contributed by atoms with Crippen molar-refractivity contribution in [3.05, 3.63) is 29.3 Å². The van der Waals surface area contributed by atoms with Gasteiger partial charge in [0.2, 0.25) is 0 Å². The van der Waals surface area contributed by atoms with E-state index in [2.05, 4.69) is 26.9 Å². The van der Waals surface area contributed by atoms with Crippen molar-refractivity contribution in [1.29, 1.82) is 0 Å². The Balaban J connectivity index is 1.66. The molecule has 0 amide bonds. The molecule has 0 aliphatic carbocycles. The number of aliphatic hydroxyl groups excluding tert-OH is 1. The molecule has 2 aliphatic rings. The fourth-order valence-corrected chi connectivity index (χ4v) is 4.99. The number of nitrogens with zero attached hydrogens (tertiary/aromatic N) is 3. The third-order valence-electron chi connectivity index (χ3n) is 5.71.